The summed E-state index contributed by atoms with van der Waals surface area (Å²) in [4.78, 5) is 17.0. The third-order valence-electron chi connectivity index (χ3n) is 5.18. The molecule has 0 unspecified atom stereocenters. The molecule has 0 saturated carbocycles. The van der Waals surface area contributed by atoms with E-state index in [4.69, 9.17) is 4.74 Å². The first-order valence-corrected chi connectivity index (χ1v) is 11.7. The molecule has 0 bridgehead atoms. The number of anilines is 1. The molecule has 0 spiro atoms. The lowest BCUT2D eigenvalue weighted by Gasteiger charge is -2.29. The van der Waals surface area contributed by atoms with Gasteiger partial charge in [0.1, 0.15) is 12.4 Å². The van der Waals surface area contributed by atoms with E-state index in [0.717, 1.165) is 11.3 Å². The Morgan fingerprint density at radius 2 is 1.80 bits per heavy atom. The van der Waals surface area contributed by atoms with Gasteiger partial charge in [-0.1, -0.05) is 24.8 Å². The molecule has 0 radical (unpaired) electrons. The zero-order chi connectivity index (χ0) is 21.7. The number of hydrogen-bond acceptors (Lipinski definition) is 5. The summed E-state index contributed by atoms with van der Waals surface area (Å²) in [5.74, 6) is 0.606. The quantitative estimate of drug-likeness (QED) is 0.605. The summed E-state index contributed by atoms with van der Waals surface area (Å²) in [5, 5.41) is 0. The highest BCUT2D eigenvalue weighted by Crippen LogP contribution is 2.24. The summed E-state index contributed by atoms with van der Waals surface area (Å²) in [6.07, 6.45) is 2.12. The van der Waals surface area contributed by atoms with Gasteiger partial charge in [0.15, 0.2) is 9.84 Å². The molecule has 1 heterocycles. The van der Waals surface area contributed by atoms with Crippen LogP contribution in [-0.4, -0.2) is 57.5 Å². The Bertz CT molecular complexity index is 983. The Labute approximate surface area is 178 Å². The molecule has 1 aliphatic rings. The lowest BCUT2D eigenvalue weighted by atomic mass is 10.1. The van der Waals surface area contributed by atoms with Gasteiger partial charge in [-0.15, -0.1) is 0 Å². The second-order valence-electron chi connectivity index (χ2n) is 7.67. The molecule has 0 aliphatic carbocycles. The Hall–Kier alpha value is -2.80. The number of carbonyl (C=O) groups is 1. The zero-order valence-corrected chi connectivity index (χ0v) is 18.3. The molecule has 6 nitrogen and oxygen atoms in total. The van der Waals surface area contributed by atoms with E-state index in [1.54, 1.807) is 35.2 Å². The van der Waals surface area contributed by atoms with Crippen LogP contribution in [0.1, 0.15) is 22.3 Å². The standard InChI is InChI=1S/C23H28N2O4S/c1-4-14-29-22-11-7-19(8-12-22)23(26)25(21-13-15-30(27,28)17-21)16-18-5-9-20(10-6-18)24(2)3/h4-12,21H,1,13-17H2,2-3H3/t21-/m0/s1. The van der Waals surface area contributed by atoms with Crippen molar-refractivity contribution in [2.75, 3.05) is 37.1 Å². The number of hydrogen-bond donors (Lipinski definition) is 0. The molecule has 1 atom stereocenters. The Morgan fingerprint density at radius 1 is 1.13 bits per heavy atom. The van der Waals surface area contributed by atoms with Crippen LogP contribution in [0.15, 0.2) is 61.2 Å². The number of nitrogens with zero attached hydrogens (tertiary/aromatic N) is 2. The molecule has 1 saturated heterocycles. The monoisotopic (exact) mass is 428 g/mol. The van der Waals surface area contributed by atoms with E-state index in [1.807, 2.05) is 43.3 Å². The van der Waals surface area contributed by atoms with Gasteiger partial charge in [-0.05, 0) is 48.4 Å². The van der Waals surface area contributed by atoms with E-state index in [1.165, 1.54) is 0 Å². The second-order valence-corrected chi connectivity index (χ2v) is 9.90. The fraction of sp³-hybridized carbons (Fsp3) is 0.348. The van der Waals surface area contributed by atoms with Crippen molar-refractivity contribution in [3.63, 3.8) is 0 Å². The van der Waals surface area contributed by atoms with Gasteiger partial charge in [0.2, 0.25) is 0 Å². The van der Waals surface area contributed by atoms with Crippen molar-refractivity contribution in [1.82, 2.24) is 4.90 Å². The maximum atomic E-state index is 13.3. The number of sulfone groups is 1. The van der Waals surface area contributed by atoms with Gasteiger partial charge >= 0.3 is 0 Å². The molecule has 3 rings (SSSR count). The van der Waals surface area contributed by atoms with Gasteiger partial charge in [0.25, 0.3) is 5.91 Å². The molecular formula is C23H28N2O4S. The van der Waals surface area contributed by atoms with Crippen LogP contribution in [-0.2, 0) is 16.4 Å². The summed E-state index contributed by atoms with van der Waals surface area (Å²) >= 11 is 0. The van der Waals surface area contributed by atoms with Crippen LogP contribution in [0.3, 0.4) is 0 Å². The largest absolute Gasteiger partial charge is 0.490 e. The molecule has 0 aromatic heterocycles. The fourth-order valence-electron chi connectivity index (χ4n) is 3.50. The van der Waals surface area contributed by atoms with Crippen LogP contribution in [0.2, 0.25) is 0 Å². The van der Waals surface area contributed by atoms with E-state index < -0.39 is 9.84 Å². The van der Waals surface area contributed by atoms with Gasteiger partial charge in [0.05, 0.1) is 11.5 Å². The molecule has 0 N–H and O–H groups in total. The first kappa shape index (κ1) is 21.9. The van der Waals surface area contributed by atoms with E-state index in [0.29, 0.717) is 30.9 Å². The van der Waals surface area contributed by atoms with Crippen molar-refractivity contribution >= 4 is 21.4 Å². The van der Waals surface area contributed by atoms with Crippen LogP contribution in [0.25, 0.3) is 0 Å². The van der Waals surface area contributed by atoms with E-state index in [-0.39, 0.29) is 23.5 Å². The van der Waals surface area contributed by atoms with Gasteiger partial charge in [-0.2, -0.15) is 0 Å². The highest BCUT2D eigenvalue weighted by atomic mass is 32.2. The van der Waals surface area contributed by atoms with E-state index in [9.17, 15) is 13.2 Å². The number of carbonyl (C=O) groups excluding carboxylic acids is 1. The lowest BCUT2D eigenvalue weighted by Crippen LogP contribution is -2.40. The van der Waals surface area contributed by atoms with Crippen molar-refractivity contribution < 1.29 is 17.9 Å². The second kappa shape index (κ2) is 9.34. The summed E-state index contributed by atoms with van der Waals surface area (Å²) < 4.78 is 29.6. The molecule has 1 fully saturated rings. The lowest BCUT2D eigenvalue weighted by molar-refractivity contribution is 0.0681. The highest BCUT2D eigenvalue weighted by molar-refractivity contribution is 7.91. The molecule has 2 aromatic carbocycles. The van der Waals surface area contributed by atoms with Crippen LogP contribution in [0.5, 0.6) is 5.75 Å². The van der Waals surface area contributed by atoms with Crippen LogP contribution in [0, 0.1) is 0 Å². The maximum Gasteiger partial charge on any atom is 0.254 e. The minimum atomic E-state index is -3.11. The first-order chi connectivity index (χ1) is 14.3. The number of ether oxygens (including phenoxy) is 1. The van der Waals surface area contributed by atoms with Gasteiger partial charge in [-0.25, -0.2) is 8.42 Å². The van der Waals surface area contributed by atoms with Crippen molar-refractivity contribution in [2.45, 2.75) is 19.0 Å². The third-order valence-corrected chi connectivity index (χ3v) is 6.94. The summed E-state index contributed by atoms with van der Waals surface area (Å²) in [7, 11) is 0.824. The topological polar surface area (TPSA) is 66.9 Å². The smallest absolute Gasteiger partial charge is 0.254 e. The number of rotatable bonds is 8. The van der Waals surface area contributed by atoms with Gasteiger partial charge < -0.3 is 14.5 Å². The fourth-order valence-corrected chi connectivity index (χ4v) is 5.23. The van der Waals surface area contributed by atoms with Crippen LogP contribution >= 0.6 is 0 Å². The van der Waals surface area contributed by atoms with Crippen molar-refractivity contribution in [3.8, 4) is 5.75 Å². The molecular weight excluding hydrogens is 400 g/mol. The number of amides is 1. The van der Waals surface area contributed by atoms with E-state index in [2.05, 4.69) is 6.58 Å². The first-order valence-electron chi connectivity index (χ1n) is 9.90. The van der Waals surface area contributed by atoms with Crippen molar-refractivity contribution in [1.29, 1.82) is 0 Å². The normalized spacial score (nSPS) is 17.3. The third kappa shape index (κ3) is 5.42. The van der Waals surface area contributed by atoms with Crippen LogP contribution < -0.4 is 9.64 Å². The summed E-state index contributed by atoms with van der Waals surface area (Å²) in [6, 6.07) is 14.5. The molecule has 160 valence electrons. The highest BCUT2D eigenvalue weighted by Gasteiger charge is 2.35. The Balaban J connectivity index is 1.83. The van der Waals surface area contributed by atoms with Gasteiger partial charge in [-0.3, -0.25) is 4.79 Å². The summed E-state index contributed by atoms with van der Waals surface area (Å²) in [5.41, 5.74) is 2.54. The van der Waals surface area contributed by atoms with E-state index >= 15 is 0 Å². The SMILES string of the molecule is C=CCOc1ccc(C(=O)N(Cc2ccc(N(C)C)cc2)[C@H]2CCS(=O)(=O)C2)cc1. The van der Waals surface area contributed by atoms with Crippen LogP contribution in [0.4, 0.5) is 5.69 Å². The van der Waals surface area contributed by atoms with Gasteiger partial charge in [0, 0.05) is 37.9 Å². The molecule has 2 aromatic rings. The minimum absolute atomic E-state index is 0.00898. The Kier molecular flexibility index (Phi) is 6.82. The summed E-state index contributed by atoms with van der Waals surface area (Å²) in [6.45, 7) is 4.37. The predicted octanol–water partition coefficient (Wildman–Crippen LogP) is 3.15. The molecule has 1 amide bonds. The molecule has 7 heteroatoms. The number of benzene rings is 2. The minimum Gasteiger partial charge on any atom is -0.490 e. The average molecular weight is 429 g/mol. The van der Waals surface area contributed by atoms with Crippen molar-refractivity contribution in [2.24, 2.45) is 0 Å². The maximum absolute atomic E-state index is 13.3. The molecule has 30 heavy (non-hydrogen) atoms. The van der Waals surface area contributed by atoms with Crippen molar-refractivity contribution in [3.05, 3.63) is 72.3 Å². The Morgan fingerprint density at radius 3 is 2.33 bits per heavy atom. The predicted molar refractivity (Wildman–Crippen MR) is 120 cm³/mol. The molecule has 1 aliphatic heterocycles. The average Bonchev–Trinajstić information content (AvgIpc) is 3.10. The zero-order valence-electron chi connectivity index (χ0n) is 17.5.